The van der Waals surface area contributed by atoms with Crippen molar-refractivity contribution >= 4 is 12.3 Å². The van der Waals surface area contributed by atoms with Crippen LogP contribution in [0.4, 0.5) is 0 Å². The summed E-state index contributed by atoms with van der Waals surface area (Å²) in [6.45, 7) is 29.1. The second-order valence-corrected chi connectivity index (χ2v) is 20.0. The highest BCUT2D eigenvalue weighted by atomic mass is 16.3. The van der Waals surface area contributed by atoms with Crippen LogP contribution in [0.25, 0.3) is 0 Å². The second-order valence-electron chi connectivity index (χ2n) is 20.0. The van der Waals surface area contributed by atoms with Crippen molar-refractivity contribution in [2.24, 2.45) is 73.7 Å². The number of hydrogen-bond acceptors (Lipinski definition) is 4. The van der Waals surface area contributed by atoms with Gasteiger partial charge in [-0.3, -0.25) is 4.79 Å². The Kier molecular flexibility index (Phi) is 11.4. The van der Waals surface area contributed by atoms with E-state index >= 15 is 0 Å². The predicted octanol–water partition coefficient (Wildman–Crippen LogP) is 10.2. The van der Waals surface area contributed by atoms with Gasteiger partial charge in [0.05, 0.1) is 0 Å². The molecule has 6 saturated carbocycles. The number of Topliss-reactive ketones (excluding diaryl/α,β-unsaturated/α-hetero) is 1. The van der Waals surface area contributed by atoms with E-state index in [-0.39, 0.29) is 33.7 Å². The molecule has 49 heavy (non-hydrogen) atoms. The molecule has 0 heterocycles. The van der Waals surface area contributed by atoms with Crippen LogP contribution in [0.1, 0.15) is 153 Å². The van der Waals surface area contributed by atoms with Crippen molar-refractivity contribution in [1.82, 2.24) is 5.32 Å². The van der Waals surface area contributed by atoms with Crippen LogP contribution >= 0.6 is 0 Å². The summed E-state index contributed by atoms with van der Waals surface area (Å²) >= 11 is 0. The lowest BCUT2D eigenvalue weighted by atomic mass is 9.36. The molecule has 4 N–H and O–H groups in total. The van der Waals surface area contributed by atoms with E-state index in [1.807, 2.05) is 21.0 Å². The number of carboxylic acid groups (broad SMARTS) is 1. The van der Waals surface area contributed by atoms with Gasteiger partial charge in [-0.15, -0.1) is 0 Å². The second kappa shape index (κ2) is 13.8. The van der Waals surface area contributed by atoms with Crippen LogP contribution in [-0.2, 0) is 9.59 Å². The van der Waals surface area contributed by atoms with Crippen molar-refractivity contribution < 1.29 is 14.7 Å². The fourth-order valence-corrected chi connectivity index (χ4v) is 13.9. The average Bonchev–Trinajstić information content (AvgIpc) is 3.70. The summed E-state index contributed by atoms with van der Waals surface area (Å²) < 4.78 is 0. The van der Waals surface area contributed by atoms with Gasteiger partial charge in [-0.2, -0.15) is 0 Å². The molecule has 0 amide bonds. The van der Waals surface area contributed by atoms with Crippen LogP contribution in [0.2, 0.25) is 0 Å². The largest absolute Gasteiger partial charge is 0.483 e. The minimum absolute atomic E-state index is 0.0905. The van der Waals surface area contributed by atoms with E-state index in [1.165, 1.54) is 82.6 Å². The van der Waals surface area contributed by atoms with Gasteiger partial charge in [-0.25, -0.2) is 0 Å². The molecule has 0 aromatic carbocycles. The summed E-state index contributed by atoms with van der Waals surface area (Å²) in [5.41, 5.74) is 12.3. The first kappa shape index (κ1) is 40.3. The third-order valence-electron chi connectivity index (χ3n) is 17.0. The van der Waals surface area contributed by atoms with Crippen molar-refractivity contribution in [2.75, 3.05) is 14.1 Å². The van der Waals surface area contributed by atoms with E-state index in [1.54, 1.807) is 5.57 Å². The Balaban J connectivity index is 0.000000841. The van der Waals surface area contributed by atoms with Gasteiger partial charge in [0.1, 0.15) is 5.78 Å². The molecule has 4 unspecified atom stereocenters. The zero-order valence-corrected chi connectivity index (χ0v) is 33.9. The first-order chi connectivity index (χ1) is 22.7. The Morgan fingerprint density at radius 1 is 1.02 bits per heavy atom. The zero-order valence-electron chi connectivity index (χ0n) is 33.9. The number of carbonyl (C=O) groups excluding carboxylic acids is 1. The third-order valence-corrected chi connectivity index (χ3v) is 17.0. The normalized spacial score (nSPS) is 45.2. The monoisotopic (exact) mass is 681 g/mol. The molecule has 2 bridgehead atoms. The minimum Gasteiger partial charge on any atom is -0.483 e. The minimum atomic E-state index is -0.250. The molecule has 11 atom stereocenters. The molecule has 5 heteroatoms. The van der Waals surface area contributed by atoms with Crippen LogP contribution in [0, 0.1) is 68.0 Å². The standard InChI is InChI=1S/C41H67NO.C2H7N.CH2O2/c1-26(2)13-12-14-32-31(22-29(6)43)23-39-20-19-37(32,10)41(42)16-15-33-34(40(39,41)25-39)21-28(5)38(11)24-35(8,30(7)27(3)4)17-18-36(33,38)9;1-3-2;2-1-3/h21,26-27,30-33H,5,12-20,22-25,42H2,1-4,6-11H3;3H,1-2H3;1H,(H,2,3)/t30-,31-,32?,33+,35+,36?,37-,38-,39?,40?,41-;;/m1../s1. The molecule has 280 valence electrons. The third kappa shape index (κ3) is 5.86. The van der Waals surface area contributed by atoms with Crippen molar-refractivity contribution in [1.29, 1.82) is 0 Å². The zero-order chi connectivity index (χ0) is 37.0. The van der Waals surface area contributed by atoms with Crippen molar-refractivity contribution in [3.63, 3.8) is 0 Å². The molecule has 7 aliphatic rings. The first-order valence-corrected chi connectivity index (χ1v) is 20.1. The number of nitrogens with one attached hydrogen (secondary N) is 1. The molecular weight excluding hydrogens is 604 g/mol. The van der Waals surface area contributed by atoms with E-state index in [2.05, 4.69) is 73.7 Å². The van der Waals surface area contributed by atoms with Gasteiger partial charge in [0.15, 0.2) is 0 Å². The molecule has 2 spiro atoms. The molecule has 0 aromatic heterocycles. The van der Waals surface area contributed by atoms with Crippen LogP contribution in [0.15, 0.2) is 23.8 Å². The van der Waals surface area contributed by atoms with Crippen molar-refractivity contribution in [2.45, 2.75) is 158 Å². The summed E-state index contributed by atoms with van der Waals surface area (Å²) in [7, 11) is 3.75. The van der Waals surface area contributed by atoms with Gasteiger partial charge < -0.3 is 21.0 Å². The van der Waals surface area contributed by atoms with Gasteiger partial charge >= 0.3 is 0 Å². The maximum atomic E-state index is 12.8. The fraction of sp³-hybridized carbons (Fsp3) is 0.864. The number of carbonyl (C=O) groups is 2. The maximum Gasteiger partial charge on any atom is 0.290 e. The van der Waals surface area contributed by atoms with Crippen LogP contribution < -0.4 is 11.1 Å². The Morgan fingerprint density at radius 2 is 1.61 bits per heavy atom. The first-order valence-electron chi connectivity index (χ1n) is 20.1. The Hall–Kier alpha value is -1.46. The maximum absolute atomic E-state index is 12.8. The van der Waals surface area contributed by atoms with Crippen molar-refractivity contribution in [3.8, 4) is 0 Å². The molecule has 6 fully saturated rings. The number of rotatable bonds is 8. The summed E-state index contributed by atoms with van der Waals surface area (Å²) in [6, 6.07) is 0. The molecule has 0 saturated heterocycles. The van der Waals surface area contributed by atoms with Gasteiger partial charge in [0, 0.05) is 17.4 Å². The number of hydrogen-bond donors (Lipinski definition) is 3. The van der Waals surface area contributed by atoms with Crippen LogP contribution in [0.5, 0.6) is 0 Å². The summed E-state index contributed by atoms with van der Waals surface area (Å²) in [5, 5.41) is 9.64. The van der Waals surface area contributed by atoms with E-state index < -0.39 is 0 Å². The molecule has 0 aromatic rings. The SMILES string of the molecule is C=C1C=C2[C@H](CC[C@]3(N)C24CC42CC[C@]3(C)C(CCCC(C)C)[C@H](CC(C)=O)C2)C2(C)CC[C@](C)([C@H](C)C(C)C)C[C@]12C.CNC.O=CO. The highest BCUT2D eigenvalue weighted by molar-refractivity contribution is 5.76. The molecule has 7 aliphatic carbocycles. The predicted molar refractivity (Wildman–Crippen MR) is 205 cm³/mol. The average molecular weight is 681 g/mol. The van der Waals surface area contributed by atoms with Crippen LogP contribution in [-0.4, -0.2) is 37.0 Å². The van der Waals surface area contributed by atoms with E-state index in [9.17, 15) is 4.79 Å². The molecule has 7 rings (SSSR count). The summed E-state index contributed by atoms with van der Waals surface area (Å²) in [5.74, 6) is 4.20. The van der Waals surface area contributed by atoms with Gasteiger partial charge in [-0.1, -0.05) is 93.4 Å². The lowest BCUT2D eigenvalue weighted by molar-refractivity contribution is -0.123. The van der Waals surface area contributed by atoms with E-state index in [0.29, 0.717) is 46.2 Å². The lowest BCUT2D eigenvalue weighted by Crippen LogP contribution is -2.70. The van der Waals surface area contributed by atoms with Crippen molar-refractivity contribution in [3.05, 3.63) is 23.8 Å². The quantitative estimate of drug-likeness (QED) is 0.222. The Bertz CT molecular complexity index is 1290. The molecule has 0 aliphatic heterocycles. The van der Waals surface area contributed by atoms with E-state index in [0.717, 1.165) is 12.3 Å². The highest BCUT2D eigenvalue weighted by Crippen LogP contribution is 2.89. The molecule has 5 nitrogen and oxygen atoms in total. The van der Waals surface area contributed by atoms with E-state index in [4.69, 9.17) is 22.2 Å². The summed E-state index contributed by atoms with van der Waals surface area (Å²) in [4.78, 5) is 21.2. The van der Waals surface area contributed by atoms with Crippen LogP contribution in [0.3, 0.4) is 0 Å². The molecular formula is C44H76N2O3. The topological polar surface area (TPSA) is 92.4 Å². The number of fused-ring (bicyclic) bond motifs is 6. The number of nitrogens with two attached hydrogens (primary N) is 1. The fourth-order valence-electron chi connectivity index (χ4n) is 13.9. The van der Waals surface area contributed by atoms with Gasteiger partial charge in [-0.05, 0) is 153 Å². The summed E-state index contributed by atoms with van der Waals surface area (Å²) in [6.07, 6.45) is 18.6. The highest BCUT2D eigenvalue weighted by Gasteiger charge is 2.86. The Morgan fingerprint density at radius 3 is 2.16 bits per heavy atom. The number of allylic oxidation sites excluding steroid dienone is 2. The smallest absolute Gasteiger partial charge is 0.290 e. The Labute approximate surface area is 301 Å². The molecule has 0 radical (unpaired) electrons. The van der Waals surface area contributed by atoms with Gasteiger partial charge in [0.2, 0.25) is 0 Å². The lowest BCUT2D eigenvalue weighted by Gasteiger charge is -2.69. The van der Waals surface area contributed by atoms with Gasteiger partial charge in [0.25, 0.3) is 6.47 Å². The number of ketones is 1.